The lowest BCUT2D eigenvalue weighted by Gasteiger charge is -2.33. The van der Waals surface area contributed by atoms with Crippen LogP contribution >= 0.6 is 23.1 Å². The van der Waals surface area contributed by atoms with Crippen LogP contribution in [0, 0.1) is 13.8 Å². The van der Waals surface area contributed by atoms with Crippen LogP contribution in [0.25, 0.3) is 0 Å². The van der Waals surface area contributed by atoms with Crippen LogP contribution < -0.4 is 5.32 Å². The van der Waals surface area contributed by atoms with Gasteiger partial charge in [0.05, 0.1) is 18.3 Å². The maximum atomic E-state index is 12.2. The number of aromatic nitrogens is 1. The van der Waals surface area contributed by atoms with Gasteiger partial charge in [0.2, 0.25) is 5.91 Å². The van der Waals surface area contributed by atoms with Crippen LogP contribution in [-0.2, 0) is 4.79 Å². The molecule has 2 aromatic heterocycles. The summed E-state index contributed by atoms with van der Waals surface area (Å²) in [5.74, 6) is 3.83. The van der Waals surface area contributed by atoms with E-state index in [9.17, 15) is 4.79 Å². The van der Waals surface area contributed by atoms with E-state index in [2.05, 4.69) is 15.2 Å². The minimum absolute atomic E-state index is 0.0190. The van der Waals surface area contributed by atoms with Crippen molar-refractivity contribution in [1.29, 1.82) is 0 Å². The van der Waals surface area contributed by atoms with Crippen molar-refractivity contribution in [3.63, 3.8) is 0 Å². The third kappa shape index (κ3) is 3.71. The first-order chi connectivity index (χ1) is 10.6. The number of aryl methyl sites for hydroxylation is 2. The normalized spacial score (nSPS) is 19.3. The molecule has 1 atom stereocenters. The van der Waals surface area contributed by atoms with E-state index in [0.717, 1.165) is 35.3 Å². The highest BCUT2D eigenvalue weighted by molar-refractivity contribution is 7.99. The van der Waals surface area contributed by atoms with Gasteiger partial charge in [-0.3, -0.25) is 9.69 Å². The standard InChI is InChI=1S/C15H19N3O2S2/c1-10-8-22-15(16-10)17-14(19)7-18-5-6-21-9-12(18)13-4-3-11(2)20-13/h3-4,8,12H,5-7,9H2,1-2H3,(H,16,17,19)/t12-/m0/s1. The second kappa shape index (κ2) is 6.85. The van der Waals surface area contributed by atoms with E-state index in [4.69, 9.17) is 4.42 Å². The molecule has 118 valence electrons. The van der Waals surface area contributed by atoms with E-state index in [0.29, 0.717) is 11.7 Å². The van der Waals surface area contributed by atoms with Crippen molar-refractivity contribution in [3.8, 4) is 0 Å². The molecule has 5 nitrogen and oxygen atoms in total. The number of amides is 1. The van der Waals surface area contributed by atoms with Gasteiger partial charge in [-0.1, -0.05) is 0 Å². The Hall–Kier alpha value is -1.31. The van der Waals surface area contributed by atoms with Crippen molar-refractivity contribution in [2.24, 2.45) is 0 Å². The fraction of sp³-hybridized carbons (Fsp3) is 0.467. The van der Waals surface area contributed by atoms with E-state index in [1.165, 1.54) is 11.3 Å². The lowest BCUT2D eigenvalue weighted by Crippen LogP contribution is -2.41. The first-order valence-electron chi connectivity index (χ1n) is 7.22. The number of nitrogens with one attached hydrogen (secondary N) is 1. The molecule has 1 aliphatic rings. The maximum absolute atomic E-state index is 12.2. The average Bonchev–Trinajstić information content (AvgIpc) is 3.08. The van der Waals surface area contributed by atoms with Crippen LogP contribution in [0.1, 0.15) is 23.3 Å². The van der Waals surface area contributed by atoms with Crippen molar-refractivity contribution in [3.05, 3.63) is 34.7 Å². The third-order valence-corrected chi connectivity index (χ3v) is 5.44. The lowest BCUT2D eigenvalue weighted by molar-refractivity contribution is -0.117. The number of thioether (sulfide) groups is 1. The zero-order valence-electron chi connectivity index (χ0n) is 12.7. The number of hydrogen-bond acceptors (Lipinski definition) is 6. The first kappa shape index (κ1) is 15.6. The van der Waals surface area contributed by atoms with Gasteiger partial charge in [0.1, 0.15) is 11.5 Å². The highest BCUT2D eigenvalue weighted by Gasteiger charge is 2.28. The van der Waals surface area contributed by atoms with Gasteiger partial charge in [-0.25, -0.2) is 4.98 Å². The maximum Gasteiger partial charge on any atom is 0.240 e. The van der Waals surface area contributed by atoms with Crippen LogP contribution in [0.5, 0.6) is 0 Å². The van der Waals surface area contributed by atoms with Gasteiger partial charge in [-0.2, -0.15) is 11.8 Å². The average molecular weight is 337 g/mol. The Balaban J connectivity index is 1.64. The summed E-state index contributed by atoms with van der Waals surface area (Å²) < 4.78 is 5.76. The Morgan fingerprint density at radius 3 is 3.05 bits per heavy atom. The monoisotopic (exact) mass is 337 g/mol. The summed E-state index contributed by atoms with van der Waals surface area (Å²) >= 11 is 3.36. The van der Waals surface area contributed by atoms with Crippen LogP contribution in [0.15, 0.2) is 21.9 Å². The molecule has 22 heavy (non-hydrogen) atoms. The lowest BCUT2D eigenvalue weighted by atomic mass is 10.2. The van der Waals surface area contributed by atoms with Gasteiger partial charge in [-0.15, -0.1) is 11.3 Å². The Labute approximate surface area is 138 Å². The number of carbonyl (C=O) groups excluding carboxylic acids is 1. The van der Waals surface area contributed by atoms with Gasteiger partial charge in [-0.05, 0) is 26.0 Å². The molecule has 3 heterocycles. The predicted molar refractivity (Wildman–Crippen MR) is 90.6 cm³/mol. The number of hydrogen-bond donors (Lipinski definition) is 1. The zero-order chi connectivity index (χ0) is 15.5. The van der Waals surface area contributed by atoms with E-state index < -0.39 is 0 Å². The Morgan fingerprint density at radius 2 is 2.36 bits per heavy atom. The van der Waals surface area contributed by atoms with Crippen molar-refractivity contribution in [2.75, 3.05) is 29.9 Å². The Kier molecular flexibility index (Phi) is 4.85. The molecule has 0 saturated carbocycles. The quantitative estimate of drug-likeness (QED) is 0.929. The molecule has 0 spiro atoms. The number of thiazole rings is 1. The van der Waals surface area contributed by atoms with Gasteiger partial charge in [0, 0.05) is 23.4 Å². The molecule has 0 radical (unpaired) electrons. The SMILES string of the molecule is Cc1csc(NC(=O)CN2CCSC[C@H]2c2ccc(C)o2)n1. The van der Waals surface area contributed by atoms with Crippen LogP contribution in [0.2, 0.25) is 0 Å². The minimum Gasteiger partial charge on any atom is -0.465 e. The molecule has 1 N–H and O–H groups in total. The topological polar surface area (TPSA) is 58.4 Å². The van der Waals surface area contributed by atoms with Crippen LogP contribution in [-0.4, -0.2) is 40.4 Å². The number of furan rings is 1. The fourth-order valence-corrected chi connectivity index (χ4v) is 4.31. The second-order valence-electron chi connectivity index (χ2n) is 5.35. The van der Waals surface area contributed by atoms with Crippen LogP contribution in [0.4, 0.5) is 5.13 Å². The van der Waals surface area contributed by atoms with E-state index in [1.807, 2.05) is 43.1 Å². The fourth-order valence-electron chi connectivity index (χ4n) is 2.48. The predicted octanol–water partition coefficient (Wildman–Crippen LogP) is 3.08. The summed E-state index contributed by atoms with van der Waals surface area (Å²) in [6.07, 6.45) is 0. The number of carbonyl (C=O) groups is 1. The molecule has 1 saturated heterocycles. The third-order valence-electron chi connectivity index (χ3n) is 3.54. The van der Waals surface area contributed by atoms with Crippen molar-refractivity contribution in [1.82, 2.24) is 9.88 Å². The van der Waals surface area contributed by atoms with Gasteiger partial charge < -0.3 is 9.73 Å². The summed E-state index contributed by atoms with van der Waals surface area (Å²) in [5.41, 5.74) is 0.929. The number of anilines is 1. The molecule has 2 aromatic rings. The summed E-state index contributed by atoms with van der Waals surface area (Å²) in [4.78, 5) is 18.7. The van der Waals surface area contributed by atoms with Crippen LogP contribution in [0.3, 0.4) is 0 Å². The molecule has 7 heteroatoms. The highest BCUT2D eigenvalue weighted by atomic mass is 32.2. The van der Waals surface area contributed by atoms with E-state index >= 15 is 0 Å². The minimum atomic E-state index is -0.0190. The molecular formula is C15H19N3O2S2. The highest BCUT2D eigenvalue weighted by Crippen LogP contribution is 2.30. The molecule has 1 amide bonds. The summed E-state index contributed by atoms with van der Waals surface area (Å²) in [7, 11) is 0. The smallest absolute Gasteiger partial charge is 0.240 e. The first-order valence-corrected chi connectivity index (χ1v) is 9.25. The number of nitrogens with zero attached hydrogens (tertiary/aromatic N) is 2. The molecule has 0 aromatic carbocycles. The zero-order valence-corrected chi connectivity index (χ0v) is 14.3. The second-order valence-corrected chi connectivity index (χ2v) is 7.36. The summed E-state index contributed by atoms with van der Waals surface area (Å²) in [6, 6.07) is 4.16. The Morgan fingerprint density at radius 1 is 1.50 bits per heavy atom. The van der Waals surface area contributed by atoms with Gasteiger partial charge >= 0.3 is 0 Å². The van der Waals surface area contributed by atoms with Crippen molar-refractivity contribution >= 4 is 34.1 Å². The van der Waals surface area contributed by atoms with Gasteiger partial charge in [0.25, 0.3) is 0 Å². The molecule has 0 unspecified atom stereocenters. The van der Waals surface area contributed by atoms with E-state index in [1.54, 1.807) is 0 Å². The molecule has 0 bridgehead atoms. The Bertz CT molecular complexity index is 653. The van der Waals surface area contributed by atoms with E-state index in [-0.39, 0.29) is 11.9 Å². The molecule has 3 rings (SSSR count). The van der Waals surface area contributed by atoms with Gasteiger partial charge in [0.15, 0.2) is 5.13 Å². The molecule has 1 aliphatic heterocycles. The number of rotatable bonds is 4. The molecular weight excluding hydrogens is 318 g/mol. The molecule has 0 aliphatic carbocycles. The van der Waals surface area contributed by atoms with Crippen molar-refractivity contribution in [2.45, 2.75) is 19.9 Å². The largest absolute Gasteiger partial charge is 0.465 e. The van der Waals surface area contributed by atoms with Crippen molar-refractivity contribution < 1.29 is 9.21 Å². The summed E-state index contributed by atoms with van der Waals surface area (Å²) in [6.45, 7) is 5.12. The molecule has 1 fully saturated rings. The summed E-state index contributed by atoms with van der Waals surface area (Å²) in [5, 5.41) is 5.47.